The highest BCUT2D eigenvalue weighted by molar-refractivity contribution is 6.13. The van der Waals surface area contributed by atoms with Gasteiger partial charge in [0.05, 0.1) is 56.7 Å². The first-order chi connectivity index (χ1) is 31.3. The summed E-state index contributed by atoms with van der Waals surface area (Å²) in [7, 11) is 0. The van der Waals surface area contributed by atoms with Gasteiger partial charge in [-0.2, -0.15) is 10.5 Å². The van der Waals surface area contributed by atoms with E-state index < -0.39 is 0 Å². The SMILES string of the molecule is Cc1ccc2c(c1)c1cc(C)ccc1n2-c1c(-c2ccc(C#N)cc2)c(C2CCCCC2)c(-n2c3ccc(C)cc3c3cc(C)ccc32)c(C2CCCCC2)c1-c1ccc(C#N)cc1. The third kappa shape index (κ3) is 6.54. The van der Waals surface area contributed by atoms with Crippen LogP contribution >= 0.6 is 0 Å². The first kappa shape index (κ1) is 39.9. The van der Waals surface area contributed by atoms with E-state index in [2.05, 4.69) is 146 Å². The maximum Gasteiger partial charge on any atom is 0.0991 e. The second kappa shape index (κ2) is 16.0. The van der Waals surface area contributed by atoms with E-state index in [0.29, 0.717) is 23.0 Å². The lowest BCUT2D eigenvalue weighted by molar-refractivity contribution is 0.435. The number of hydrogen-bond acceptors (Lipinski definition) is 2. The van der Waals surface area contributed by atoms with Crippen molar-refractivity contribution < 1.29 is 0 Å². The van der Waals surface area contributed by atoms with Crippen LogP contribution in [0.1, 0.15) is 121 Å². The molecule has 0 bridgehead atoms. The van der Waals surface area contributed by atoms with Gasteiger partial charge in [-0.1, -0.05) is 109 Å². The summed E-state index contributed by atoms with van der Waals surface area (Å²) >= 11 is 0. The maximum atomic E-state index is 10.2. The lowest BCUT2D eigenvalue weighted by Gasteiger charge is -2.37. The molecule has 4 nitrogen and oxygen atoms in total. The first-order valence-electron chi connectivity index (χ1n) is 23.6. The topological polar surface area (TPSA) is 57.4 Å². The standard InChI is InChI=1S/C60H54N4/c1-37-15-27-51-47(31-37)48-32-38(2)16-28-52(48)63(51)59-55(43-11-7-5-8-12-43)57(45-23-19-41(35-61)20-24-45)60(64-53-29-17-39(3)33-49(53)50-34-40(4)18-30-54(50)64)58(46-25-21-42(36-62)22-26-46)56(59)44-13-9-6-10-14-44/h15-34,43-44H,5-14H2,1-4H3. The molecule has 0 amide bonds. The highest BCUT2D eigenvalue weighted by Gasteiger charge is 2.37. The quantitative estimate of drug-likeness (QED) is 0.168. The molecule has 0 aliphatic heterocycles. The number of benzene rings is 7. The Morgan fingerprint density at radius 2 is 0.703 bits per heavy atom. The van der Waals surface area contributed by atoms with Gasteiger partial charge in [-0.05, 0) is 160 Å². The Hall–Kier alpha value is -6.88. The first-order valence-corrected chi connectivity index (χ1v) is 23.6. The van der Waals surface area contributed by atoms with Crippen molar-refractivity contribution in [2.45, 2.75) is 104 Å². The van der Waals surface area contributed by atoms with Crippen molar-refractivity contribution >= 4 is 43.6 Å². The maximum absolute atomic E-state index is 10.2. The third-order valence-electron chi connectivity index (χ3n) is 14.8. The van der Waals surface area contributed by atoms with Crippen LogP contribution in [0.25, 0.3) is 77.2 Å². The fourth-order valence-corrected chi connectivity index (χ4v) is 11.8. The molecule has 2 heterocycles. The van der Waals surface area contributed by atoms with Gasteiger partial charge in [0.15, 0.2) is 0 Å². The normalized spacial score (nSPS) is 15.0. The van der Waals surface area contributed by atoms with E-state index in [9.17, 15) is 10.5 Å². The molecule has 2 fully saturated rings. The Bertz CT molecular complexity index is 3170. The molecule has 4 heteroatoms. The minimum absolute atomic E-state index is 0.312. The van der Waals surface area contributed by atoms with Crippen molar-refractivity contribution in [2.75, 3.05) is 0 Å². The van der Waals surface area contributed by atoms with E-state index in [-0.39, 0.29) is 0 Å². The summed E-state index contributed by atoms with van der Waals surface area (Å²) in [5, 5.41) is 25.5. The van der Waals surface area contributed by atoms with Crippen molar-refractivity contribution in [1.29, 1.82) is 10.5 Å². The molecule has 2 aliphatic rings. The predicted octanol–water partition coefficient (Wildman–Crippen LogP) is 16.3. The molecule has 314 valence electrons. The number of aryl methyl sites for hydroxylation is 4. The van der Waals surface area contributed by atoms with Gasteiger partial charge in [0.2, 0.25) is 0 Å². The van der Waals surface area contributed by atoms with Gasteiger partial charge >= 0.3 is 0 Å². The number of aromatic nitrogens is 2. The summed E-state index contributed by atoms with van der Waals surface area (Å²) in [6.45, 7) is 8.84. The molecule has 9 aromatic rings. The second-order valence-electron chi connectivity index (χ2n) is 19.1. The molecule has 2 aliphatic carbocycles. The van der Waals surface area contributed by atoms with Gasteiger partial charge in [0, 0.05) is 32.7 Å². The highest BCUT2D eigenvalue weighted by atomic mass is 15.0. The van der Waals surface area contributed by atoms with Crippen molar-refractivity contribution in [3.05, 3.63) is 166 Å². The molecule has 2 saturated carbocycles. The Balaban J connectivity index is 1.46. The van der Waals surface area contributed by atoms with Crippen LogP contribution in [-0.2, 0) is 0 Å². The van der Waals surface area contributed by atoms with E-state index in [1.54, 1.807) is 0 Å². The molecule has 0 saturated heterocycles. The van der Waals surface area contributed by atoms with Crippen molar-refractivity contribution in [3.63, 3.8) is 0 Å². The minimum atomic E-state index is 0.312. The van der Waals surface area contributed by atoms with Crippen LogP contribution in [0.4, 0.5) is 0 Å². The zero-order valence-electron chi connectivity index (χ0n) is 37.6. The summed E-state index contributed by atoms with van der Waals surface area (Å²) < 4.78 is 5.31. The van der Waals surface area contributed by atoms with Crippen molar-refractivity contribution in [1.82, 2.24) is 9.13 Å². The fraction of sp³-hybridized carbons (Fsp3) is 0.267. The summed E-state index contributed by atoms with van der Waals surface area (Å²) in [5.41, 5.74) is 21.4. The fourth-order valence-electron chi connectivity index (χ4n) is 11.8. The molecular formula is C60H54N4. The largest absolute Gasteiger partial charge is 0.309 e. The molecule has 7 aromatic carbocycles. The summed E-state index contributed by atoms with van der Waals surface area (Å²) in [6.07, 6.45) is 11.8. The van der Waals surface area contributed by atoms with E-state index >= 15 is 0 Å². The van der Waals surface area contributed by atoms with Gasteiger partial charge in [0.25, 0.3) is 0 Å². The Kier molecular flexibility index (Phi) is 10.0. The molecule has 0 atom stereocenters. The molecule has 0 spiro atoms. The minimum Gasteiger partial charge on any atom is -0.309 e. The molecule has 0 radical (unpaired) electrons. The lowest BCUT2D eigenvalue weighted by Crippen LogP contribution is -2.20. The number of nitriles is 2. The van der Waals surface area contributed by atoms with Crippen molar-refractivity contribution in [3.8, 4) is 45.8 Å². The lowest BCUT2D eigenvalue weighted by atomic mass is 9.72. The Morgan fingerprint density at radius 1 is 0.391 bits per heavy atom. The summed E-state index contributed by atoms with van der Waals surface area (Å²) in [5.74, 6) is 0.623. The van der Waals surface area contributed by atoms with Crippen LogP contribution in [0.15, 0.2) is 121 Å². The van der Waals surface area contributed by atoms with E-state index in [1.165, 1.54) is 138 Å². The molecular weight excluding hydrogens is 777 g/mol. The molecule has 0 N–H and O–H groups in total. The van der Waals surface area contributed by atoms with Crippen LogP contribution in [-0.4, -0.2) is 9.13 Å². The number of hydrogen-bond donors (Lipinski definition) is 0. The second-order valence-corrected chi connectivity index (χ2v) is 19.1. The van der Waals surface area contributed by atoms with E-state index in [1.807, 2.05) is 24.3 Å². The molecule has 64 heavy (non-hydrogen) atoms. The number of rotatable bonds is 6. The average Bonchev–Trinajstić information content (AvgIpc) is 3.81. The zero-order chi connectivity index (χ0) is 43.6. The molecule has 11 rings (SSSR count). The monoisotopic (exact) mass is 830 g/mol. The van der Waals surface area contributed by atoms with Gasteiger partial charge in [-0.15, -0.1) is 0 Å². The summed E-state index contributed by atoms with van der Waals surface area (Å²) in [4.78, 5) is 0. The zero-order valence-corrected chi connectivity index (χ0v) is 37.6. The van der Waals surface area contributed by atoms with Crippen LogP contribution in [0.3, 0.4) is 0 Å². The third-order valence-corrected chi connectivity index (χ3v) is 14.8. The molecule has 2 aromatic heterocycles. The van der Waals surface area contributed by atoms with E-state index in [4.69, 9.17) is 0 Å². The smallest absolute Gasteiger partial charge is 0.0991 e. The van der Waals surface area contributed by atoms with Crippen LogP contribution in [0.5, 0.6) is 0 Å². The average molecular weight is 831 g/mol. The number of fused-ring (bicyclic) bond motifs is 6. The highest BCUT2D eigenvalue weighted by Crippen LogP contribution is 2.56. The predicted molar refractivity (Wildman–Crippen MR) is 266 cm³/mol. The summed E-state index contributed by atoms with van der Waals surface area (Å²) in [6, 6.07) is 49.9. The Morgan fingerprint density at radius 3 is 1.02 bits per heavy atom. The van der Waals surface area contributed by atoms with Gasteiger partial charge in [0.1, 0.15) is 0 Å². The Labute approximate surface area is 377 Å². The van der Waals surface area contributed by atoms with E-state index in [0.717, 1.165) is 36.8 Å². The van der Waals surface area contributed by atoms with Crippen molar-refractivity contribution in [2.24, 2.45) is 0 Å². The van der Waals surface area contributed by atoms with Gasteiger partial charge in [-0.25, -0.2) is 0 Å². The van der Waals surface area contributed by atoms with Crippen LogP contribution in [0, 0.1) is 50.4 Å². The van der Waals surface area contributed by atoms with Gasteiger partial charge in [-0.3, -0.25) is 0 Å². The molecule has 0 unspecified atom stereocenters. The number of nitrogens with zero attached hydrogens (tertiary/aromatic N) is 4. The van der Waals surface area contributed by atoms with Crippen LogP contribution in [0.2, 0.25) is 0 Å². The van der Waals surface area contributed by atoms with Gasteiger partial charge < -0.3 is 9.13 Å². The van der Waals surface area contributed by atoms with Crippen LogP contribution < -0.4 is 0 Å².